The van der Waals surface area contributed by atoms with Crippen LogP contribution in [0.1, 0.15) is 11.1 Å². The van der Waals surface area contributed by atoms with Crippen LogP contribution in [-0.4, -0.2) is 19.2 Å². The zero-order chi connectivity index (χ0) is 17.6. The number of benzene rings is 2. The first-order valence-corrected chi connectivity index (χ1v) is 8.17. The summed E-state index contributed by atoms with van der Waals surface area (Å²) in [6.45, 7) is 2.77. The average Bonchev–Trinajstić information content (AvgIpc) is 2.67. The lowest BCUT2D eigenvalue weighted by atomic mass is 10.0. The van der Waals surface area contributed by atoms with E-state index in [1.54, 1.807) is 20.4 Å². The highest BCUT2D eigenvalue weighted by Crippen LogP contribution is 2.30. The number of hydrogen-bond donors (Lipinski definition) is 1. The van der Waals surface area contributed by atoms with Gasteiger partial charge in [-0.1, -0.05) is 23.8 Å². The quantitative estimate of drug-likeness (QED) is 0.710. The molecule has 128 valence electrons. The molecule has 0 fully saturated rings. The maximum atomic E-state index is 5.38. The number of methoxy groups -OCH3 is 2. The average molecular weight is 334 g/mol. The lowest BCUT2D eigenvalue weighted by molar-refractivity contribution is 0.394. The molecule has 0 amide bonds. The van der Waals surface area contributed by atoms with Crippen LogP contribution in [0.2, 0.25) is 0 Å². The van der Waals surface area contributed by atoms with Crippen LogP contribution in [-0.2, 0) is 6.54 Å². The van der Waals surface area contributed by atoms with Crippen LogP contribution >= 0.6 is 0 Å². The van der Waals surface area contributed by atoms with Gasteiger partial charge in [-0.15, -0.1) is 0 Å². The largest absolute Gasteiger partial charge is 0.497 e. The van der Waals surface area contributed by atoms with Crippen LogP contribution in [0.4, 0.5) is 5.69 Å². The molecule has 1 aromatic heterocycles. The molecule has 25 heavy (non-hydrogen) atoms. The number of hydrogen-bond acceptors (Lipinski definition) is 4. The summed E-state index contributed by atoms with van der Waals surface area (Å²) in [6.07, 6.45) is 1.80. The first-order chi connectivity index (χ1) is 12.2. The van der Waals surface area contributed by atoms with Gasteiger partial charge in [0, 0.05) is 30.1 Å². The van der Waals surface area contributed by atoms with E-state index >= 15 is 0 Å². The van der Waals surface area contributed by atoms with Gasteiger partial charge < -0.3 is 14.8 Å². The molecule has 4 nitrogen and oxygen atoms in total. The van der Waals surface area contributed by atoms with E-state index in [-0.39, 0.29) is 0 Å². The topological polar surface area (TPSA) is 43.4 Å². The van der Waals surface area contributed by atoms with Crippen molar-refractivity contribution in [2.75, 3.05) is 19.5 Å². The Balaban J connectivity index is 1.89. The Labute approximate surface area is 148 Å². The molecule has 1 heterocycles. The third-order valence-electron chi connectivity index (χ3n) is 4.05. The minimum Gasteiger partial charge on any atom is -0.497 e. The lowest BCUT2D eigenvalue weighted by Crippen LogP contribution is -2.02. The van der Waals surface area contributed by atoms with Gasteiger partial charge in [0.05, 0.1) is 19.9 Å². The van der Waals surface area contributed by atoms with Crippen molar-refractivity contribution < 1.29 is 9.47 Å². The van der Waals surface area contributed by atoms with E-state index in [1.807, 2.05) is 24.3 Å². The number of anilines is 1. The van der Waals surface area contributed by atoms with Gasteiger partial charge in [-0.25, -0.2) is 0 Å². The smallest absolute Gasteiger partial charge is 0.123 e. The van der Waals surface area contributed by atoms with E-state index in [4.69, 9.17) is 9.47 Å². The fraction of sp³-hybridized carbons (Fsp3) is 0.190. The summed E-state index contributed by atoms with van der Waals surface area (Å²) in [6, 6.07) is 18.2. The Morgan fingerprint density at radius 3 is 2.24 bits per heavy atom. The van der Waals surface area contributed by atoms with Gasteiger partial charge in [0.1, 0.15) is 11.5 Å². The molecule has 0 saturated heterocycles. The molecule has 0 aliphatic rings. The Hall–Kier alpha value is -3.01. The predicted octanol–water partition coefficient (Wildman–Crippen LogP) is 4.69. The third-order valence-corrected chi connectivity index (χ3v) is 4.05. The summed E-state index contributed by atoms with van der Waals surface area (Å²) >= 11 is 0. The summed E-state index contributed by atoms with van der Waals surface area (Å²) in [5.74, 6) is 1.50. The van der Waals surface area contributed by atoms with E-state index in [9.17, 15) is 0 Å². The molecule has 3 rings (SSSR count). The third kappa shape index (κ3) is 4.10. The van der Waals surface area contributed by atoms with E-state index in [2.05, 4.69) is 47.6 Å². The summed E-state index contributed by atoms with van der Waals surface area (Å²) in [5, 5.41) is 3.45. The number of nitrogens with zero attached hydrogens (tertiary/aromatic N) is 1. The van der Waals surface area contributed by atoms with Crippen molar-refractivity contribution in [3.8, 4) is 22.8 Å². The molecular weight excluding hydrogens is 312 g/mol. The molecule has 0 saturated carbocycles. The molecule has 0 aliphatic heterocycles. The first kappa shape index (κ1) is 16.8. The zero-order valence-corrected chi connectivity index (χ0v) is 14.7. The van der Waals surface area contributed by atoms with Crippen LogP contribution in [0.3, 0.4) is 0 Å². The Morgan fingerprint density at radius 2 is 1.60 bits per heavy atom. The van der Waals surface area contributed by atoms with Gasteiger partial charge in [0.25, 0.3) is 0 Å². The second-order valence-electron chi connectivity index (χ2n) is 5.83. The number of nitrogens with one attached hydrogen (secondary N) is 1. The molecule has 2 aromatic carbocycles. The highest BCUT2D eigenvalue weighted by Gasteiger charge is 2.10. The number of rotatable bonds is 6. The molecule has 0 bridgehead atoms. The second kappa shape index (κ2) is 7.71. The van der Waals surface area contributed by atoms with Crippen molar-refractivity contribution in [1.29, 1.82) is 0 Å². The van der Waals surface area contributed by atoms with Crippen LogP contribution < -0.4 is 14.8 Å². The predicted molar refractivity (Wildman–Crippen MR) is 101 cm³/mol. The summed E-state index contributed by atoms with van der Waals surface area (Å²) < 4.78 is 10.8. The number of aromatic nitrogens is 1. The molecule has 0 spiro atoms. The van der Waals surface area contributed by atoms with Crippen molar-refractivity contribution in [3.05, 3.63) is 71.9 Å². The zero-order valence-electron chi connectivity index (χ0n) is 14.7. The first-order valence-electron chi connectivity index (χ1n) is 8.17. The van der Waals surface area contributed by atoms with Crippen molar-refractivity contribution in [2.24, 2.45) is 0 Å². The molecular formula is C21H22N2O2. The molecule has 3 aromatic rings. The van der Waals surface area contributed by atoms with E-state index in [1.165, 1.54) is 5.56 Å². The van der Waals surface area contributed by atoms with E-state index < -0.39 is 0 Å². The maximum absolute atomic E-state index is 5.38. The van der Waals surface area contributed by atoms with Crippen molar-refractivity contribution in [3.63, 3.8) is 0 Å². The van der Waals surface area contributed by atoms with Crippen molar-refractivity contribution >= 4 is 5.69 Å². The van der Waals surface area contributed by atoms with Crippen molar-refractivity contribution in [2.45, 2.75) is 13.5 Å². The summed E-state index contributed by atoms with van der Waals surface area (Å²) in [4.78, 5) is 4.58. The molecule has 4 heteroatoms. The molecule has 0 radical (unpaired) electrons. The number of pyridine rings is 1. The normalized spacial score (nSPS) is 10.4. The van der Waals surface area contributed by atoms with Gasteiger partial charge in [0.2, 0.25) is 0 Å². The fourth-order valence-electron chi connectivity index (χ4n) is 2.65. The van der Waals surface area contributed by atoms with E-state index in [0.29, 0.717) is 6.54 Å². The minimum absolute atomic E-state index is 0.686. The van der Waals surface area contributed by atoms with Crippen LogP contribution in [0.5, 0.6) is 11.5 Å². The van der Waals surface area contributed by atoms with Gasteiger partial charge in [-0.2, -0.15) is 0 Å². The summed E-state index contributed by atoms with van der Waals surface area (Å²) in [5.41, 5.74) is 5.33. The Bertz CT molecular complexity index is 823. The van der Waals surface area contributed by atoms with E-state index in [0.717, 1.165) is 34.0 Å². The van der Waals surface area contributed by atoms with Gasteiger partial charge in [-0.3, -0.25) is 4.98 Å². The lowest BCUT2D eigenvalue weighted by Gasteiger charge is -2.13. The standard InChI is InChI=1S/C21H22N2O2/c1-15-6-8-18(9-7-15)23-14-16-5-4-10-22-21(16)17-11-19(24-2)13-20(12-17)25-3/h4-13,23H,14H2,1-3H3. The van der Waals surface area contributed by atoms with Gasteiger partial charge >= 0.3 is 0 Å². The molecule has 0 unspecified atom stereocenters. The minimum atomic E-state index is 0.686. The maximum Gasteiger partial charge on any atom is 0.123 e. The van der Waals surface area contributed by atoms with Crippen LogP contribution in [0, 0.1) is 6.92 Å². The van der Waals surface area contributed by atoms with Crippen molar-refractivity contribution in [1.82, 2.24) is 4.98 Å². The monoisotopic (exact) mass is 334 g/mol. The molecule has 1 N–H and O–H groups in total. The Kier molecular flexibility index (Phi) is 5.19. The van der Waals surface area contributed by atoms with Gasteiger partial charge in [0.15, 0.2) is 0 Å². The highest BCUT2D eigenvalue weighted by molar-refractivity contribution is 5.67. The fourth-order valence-corrected chi connectivity index (χ4v) is 2.65. The van der Waals surface area contributed by atoms with Crippen LogP contribution in [0.25, 0.3) is 11.3 Å². The SMILES string of the molecule is COc1cc(OC)cc(-c2ncccc2CNc2ccc(C)cc2)c1. The second-order valence-corrected chi connectivity index (χ2v) is 5.83. The number of aryl methyl sites for hydroxylation is 1. The Morgan fingerprint density at radius 1 is 0.920 bits per heavy atom. The molecule has 0 atom stereocenters. The van der Waals surface area contributed by atoms with Crippen LogP contribution in [0.15, 0.2) is 60.8 Å². The molecule has 0 aliphatic carbocycles. The summed E-state index contributed by atoms with van der Waals surface area (Å²) in [7, 11) is 3.30. The highest BCUT2D eigenvalue weighted by atomic mass is 16.5. The van der Waals surface area contributed by atoms with Gasteiger partial charge in [-0.05, 0) is 42.8 Å². The number of ether oxygens (including phenoxy) is 2.